The largest absolute Gasteiger partial charge is 0.491 e. The Hall–Kier alpha value is -3.35. The molecule has 1 aliphatic heterocycles. The molecular formula is C26H22F3NO3. The summed E-state index contributed by atoms with van der Waals surface area (Å²) in [6.45, 7) is 0.312. The number of carboxylic acids is 1. The first kappa shape index (κ1) is 21.5. The summed E-state index contributed by atoms with van der Waals surface area (Å²) in [5.41, 5.74) is 3.97. The molecule has 1 N–H and O–H groups in total. The van der Waals surface area contributed by atoms with Gasteiger partial charge in [-0.25, -0.2) is 0 Å². The van der Waals surface area contributed by atoms with Crippen LogP contribution in [-0.2, 0) is 23.8 Å². The van der Waals surface area contributed by atoms with Gasteiger partial charge >= 0.3 is 12.1 Å². The van der Waals surface area contributed by atoms with Crippen LogP contribution >= 0.6 is 0 Å². The zero-order chi connectivity index (χ0) is 23.2. The number of ether oxygens (including phenoxy) is 1. The average Bonchev–Trinajstić information content (AvgIpc) is 3.37. The number of aromatic nitrogens is 1. The molecule has 0 saturated heterocycles. The lowest BCUT2D eigenvalue weighted by Crippen LogP contribution is -2.08. The van der Waals surface area contributed by atoms with E-state index in [1.807, 2.05) is 18.2 Å². The van der Waals surface area contributed by atoms with Gasteiger partial charge in [-0.05, 0) is 65.1 Å². The number of carbonyl (C=O) groups is 1. The van der Waals surface area contributed by atoms with Crippen LogP contribution in [0.1, 0.15) is 52.6 Å². The molecule has 1 unspecified atom stereocenters. The molecule has 7 heteroatoms. The highest BCUT2D eigenvalue weighted by molar-refractivity contribution is 5.73. The third-order valence-electron chi connectivity index (χ3n) is 6.59. The number of pyridine rings is 1. The zero-order valence-corrected chi connectivity index (χ0v) is 17.7. The highest BCUT2D eigenvalue weighted by Gasteiger charge is 2.35. The molecule has 33 heavy (non-hydrogen) atoms. The number of nitrogens with zero attached hydrogens (tertiary/aromatic N) is 1. The number of halogens is 3. The zero-order valence-electron chi connectivity index (χ0n) is 17.7. The van der Waals surface area contributed by atoms with Crippen LogP contribution in [0.15, 0.2) is 54.7 Å². The first-order valence-corrected chi connectivity index (χ1v) is 10.9. The van der Waals surface area contributed by atoms with Gasteiger partial charge in [0.05, 0.1) is 24.3 Å². The second-order valence-electron chi connectivity index (χ2n) is 8.69. The van der Waals surface area contributed by atoms with Crippen LogP contribution in [0.5, 0.6) is 5.75 Å². The van der Waals surface area contributed by atoms with Crippen molar-refractivity contribution in [3.63, 3.8) is 0 Å². The van der Waals surface area contributed by atoms with E-state index in [-0.39, 0.29) is 23.8 Å². The SMILES string of the molecule is O=C(O)CC1COc2cc(C[C@@H]3CCc4c(-c5ccccc5C(F)(F)F)cccc43)cnc21. The van der Waals surface area contributed by atoms with Gasteiger partial charge in [-0.3, -0.25) is 9.78 Å². The highest BCUT2D eigenvalue weighted by atomic mass is 19.4. The van der Waals surface area contributed by atoms with E-state index >= 15 is 0 Å². The number of aliphatic carboxylic acids is 1. The molecule has 2 atom stereocenters. The van der Waals surface area contributed by atoms with Crippen LogP contribution in [0.3, 0.4) is 0 Å². The fourth-order valence-corrected chi connectivity index (χ4v) is 5.12. The Morgan fingerprint density at radius 1 is 1.09 bits per heavy atom. The van der Waals surface area contributed by atoms with E-state index in [9.17, 15) is 18.0 Å². The molecular weight excluding hydrogens is 431 g/mol. The summed E-state index contributed by atoms with van der Waals surface area (Å²) >= 11 is 0. The molecule has 4 nitrogen and oxygen atoms in total. The lowest BCUT2D eigenvalue weighted by Gasteiger charge is -2.17. The summed E-state index contributed by atoms with van der Waals surface area (Å²) in [6, 6.07) is 13.3. The third-order valence-corrected chi connectivity index (χ3v) is 6.59. The molecule has 0 radical (unpaired) electrons. The van der Waals surface area contributed by atoms with E-state index in [4.69, 9.17) is 9.84 Å². The van der Waals surface area contributed by atoms with Crippen LogP contribution in [-0.4, -0.2) is 22.7 Å². The topological polar surface area (TPSA) is 59.4 Å². The Morgan fingerprint density at radius 3 is 2.67 bits per heavy atom. The van der Waals surface area contributed by atoms with Crippen LogP contribution < -0.4 is 4.74 Å². The van der Waals surface area contributed by atoms with Crippen molar-refractivity contribution in [1.82, 2.24) is 4.98 Å². The maximum Gasteiger partial charge on any atom is 0.417 e. The van der Waals surface area contributed by atoms with Crippen molar-refractivity contribution < 1.29 is 27.8 Å². The van der Waals surface area contributed by atoms with Gasteiger partial charge < -0.3 is 9.84 Å². The number of rotatable bonds is 5. The Bertz CT molecular complexity index is 1220. The third kappa shape index (κ3) is 4.08. The monoisotopic (exact) mass is 453 g/mol. The maximum absolute atomic E-state index is 13.6. The minimum absolute atomic E-state index is 0.0163. The fourth-order valence-electron chi connectivity index (χ4n) is 5.12. The van der Waals surface area contributed by atoms with Crippen molar-refractivity contribution in [1.29, 1.82) is 0 Å². The van der Waals surface area contributed by atoms with Gasteiger partial charge in [0.1, 0.15) is 5.75 Å². The van der Waals surface area contributed by atoms with E-state index in [1.165, 1.54) is 6.07 Å². The van der Waals surface area contributed by atoms with Gasteiger partial charge in [-0.1, -0.05) is 36.4 Å². The number of carboxylic acid groups (broad SMARTS) is 1. The van der Waals surface area contributed by atoms with Gasteiger partial charge in [-0.15, -0.1) is 0 Å². The Morgan fingerprint density at radius 2 is 1.88 bits per heavy atom. The molecule has 2 heterocycles. The summed E-state index contributed by atoms with van der Waals surface area (Å²) < 4.78 is 46.5. The summed E-state index contributed by atoms with van der Waals surface area (Å²) in [7, 11) is 0. The van der Waals surface area contributed by atoms with E-state index in [0.29, 0.717) is 30.0 Å². The average molecular weight is 453 g/mol. The molecule has 1 aliphatic carbocycles. The van der Waals surface area contributed by atoms with Gasteiger partial charge in [0.15, 0.2) is 0 Å². The van der Waals surface area contributed by atoms with Crippen molar-refractivity contribution in [2.24, 2.45) is 0 Å². The minimum atomic E-state index is -4.41. The van der Waals surface area contributed by atoms with Crippen molar-refractivity contribution in [3.05, 3.63) is 82.7 Å². The van der Waals surface area contributed by atoms with Gasteiger partial charge in [0, 0.05) is 12.1 Å². The standard InChI is InChI=1S/C26H22F3NO3/c27-26(28,29)22-7-2-1-4-21(22)19-6-3-5-18-16(8-9-20(18)19)10-15-11-23-25(30-13-15)17(14-33-23)12-24(31)32/h1-7,11,13,16-17H,8-10,12,14H2,(H,31,32)/t16-,17?/m0/s1. The molecule has 2 aliphatic rings. The summed E-state index contributed by atoms with van der Waals surface area (Å²) in [5, 5.41) is 9.06. The number of alkyl halides is 3. The van der Waals surface area contributed by atoms with Crippen molar-refractivity contribution in [2.45, 2.75) is 43.7 Å². The first-order valence-electron chi connectivity index (χ1n) is 10.9. The summed E-state index contributed by atoms with van der Waals surface area (Å²) in [5.74, 6) is -0.318. The Kier molecular flexibility index (Phi) is 5.35. The predicted molar refractivity (Wildman–Crippen MR) is 116 cm³/mol. The first-order chi connectivity index (χ1) is 15.8. The molecule has 0 spiro atoms. The number of hydrogen-bond acceptors (Lipinski definition) is 3. The molecule has 1 aromatic heterocycles. The van der Waals surface area contributed by atoms with Crippen molar-refractivity contribution in [2.75, 3.05) is 6.61 Å². The van der Waals surface area contributed by atoms with E-state index in [1.54, 1.807) is 24.4 Å². The minimum Gasteiger partial charge on any atom is -0.491 e. The Labute approximate surface area is 189 Å². The normalized spacial score (nSPS) is 19.1. The lowest BCUT2D eigenvalue weighted by molar-refractivity contribution is -0.138. The van der Waals surface area contributed by atoms with Gasteiger partial charge in [-0.2, -0.15) is 13.2 Å². The number of benzene rings is 2. The Balaban J connectivity index is 1.42. The van der Waals surface area contributed by atoms with E-state index < -0.39 is 17.7 Å². The highest BCUT2D eigenvalue weighted by Crippen LogP contribution is 2.44. The molecule has 0 saturated carbocycles. The molecule has 5 rings (SSSR count). The fraction of sp³-hybridized carbons (Fsp3) is 0.308. The molecule has 3 aromatic rings. The maximum atomic E-state index is 13.6. The molecule has 2 aromatic carbocycles. The second-order valence-corrected chi connectivity index (χ2v) is 8.69. The second kappa shape index (κ2) is 8.21. The van der Waals surface area contributed by atoms with Gasteiger partial charge in [0.25, 0.3) is 0 Å². The van der Waals surface area contributed by atoms with Gasteiger partial charge in [0.2, 0.25) is 0 Å². The van der Waals surface area contributed by atoms with Crippen LogP contribution in [0, 0.1) is 0 Å². The molecule has 0 bridgehead atoms. The summed E-state index contributed by atoms with van der Waals surface area (Å²) in [4.78, 5) is 15.5. The smallest absolute Gasteiger partial charge is 0.417 e. The quantitative estimate of drug-likeness (QED) is 0.516. The van der Waals surface area contributed by atoms with Crippen molar-refractivity contribution in [3.8, 4) is 16.9 Å². The van der Waals surface area contributed by atoms with Crippen LogP contribution in [0.4, 0.5) is 13.2 Å². The molecule has 0 amide bonds. The van der Waals surface area contributed by atoms with E-state index in [0.717, 1.165) is 35.6 Å². The summed E-state index contributed by atoms with van der Waals surface area (Å²) in [6.07, 6.45) is -0.394. The lowest BCUT2D eigenvalue weighted by atomic mass is 9.90. The van der Waals surface area contributed by atoms with Crippen molar-refractivity contribution >= 4 is 5.97 Å². The van der Waals surface area contributed by atoms with E-state index in [2.05, 4.69) is 4.98 Å². The molecule has 0 fully saturated rings. The number of fused-ring (bicyclic) bond motifs is 2. The van der Waals surface area contributed by atoms with Crippen LogP contribution in [0.25, 0.3) is 11.1 Å². The molecule has 170 valence electrons. The van der Waals surface area contributed by atoms with Crippen LogP contribution in [0.2, 0.25) is 0 Å². The number of hydrogen-bond donors (Lipinski definition) is 1. The predicted octanol–water partition coefficient (Wildman–Crippen LogP) is 5.99.